The minimum absolute atomic E-state index is 0.382. The smallest absolute Gasteiger partial charge is 0.211 e. The van der Waals surface area contributed by atoms with Crippen LogP contribution >= 0.6 is 11.3 Å². The van der Waals surface area contributed by atoms with Crippen molar-refractivity contribution in [1.29, 1.82) is 0 Å². The van der Waals surface area contributed by atoms with Crippen LogP contribution in [0.25, 0.3) is 10.2 Å². The highest BCUT2D eigenvalue weighted by atomic mass is 32.2. The van der Waals surface area contributed by atoms with Crippen LogP contribution in [0.15, 0.2) is 30.3 Å². The molecule has 3 aromatic rings. The first-order valence-corrected chi connectivity index (χ1v) is 10.3. The van der Waals surface area contributed by atoms with E-state index in [2.05, 4.69) is 15.4 Å². The topological polar surface area (TPSA) is 80.1 Å². The molecule has 3 heterocycles. The molecule has 7 nitrogen and oxygen atoms in total. The van der Waals surface area contributed by atoms with Gasteiger partial charge in [-0.05, 0) is 18.2 Å². The van der Waals surface area contributed by atoms with Crippen LogP contribution in [0.2, 0.25) is 0 Å². The molecule has 24 heavy (non-hydrogen) atoms. The Morgan fingerprint density at radius 2 is 2.12 bits per heavy atom. The highest BCUT2D eigenvalue weighted by Crippen LogP contribution is 2.26. The summed E-state index contributed by atoms with van der Waals surface area (Å²) in [5.74, 6) is 0. The molecule has 1 aliphatic rings. The van der Waals surface area contributed by atoms with Crippen molar-refractivity contribution in [3.63, 3.8) is 0 Å². The van der Waals surface area contributed by atoms with Crippen LogP contribution in [0.3, 0.4) is 0 Å². The molecule has 126 valence electrons. The highest BCUT2D eigenvalue weighted by Gasteiger charge is 2.24. The highest BCUT2D eigenvalue weighted by molar-refractivity contribution is 7.88. The van der Waals surface area contributed by atoms with Gasteiger partial charge in [0.2, 0.25) is 10.0 Å². The van der Waals surface area contributed by atoms with Crippen LogP contribution in [0, 0.1) is 0 Å². The molecule has 1 N–H and O–H groups in total. The van der Waals surface area contributed by atoms with E-state index >= 15 is 0 Å². The van der Waals surface area contributed by atoms with Crippen molar-refractivity contribution in [1.82, 2.24) is 19.1 Å². The normalized spacial score (nSPS) is 15.5. The van der Waals surface area contributed by atoms with E-state index in [0.29, 0.717) is 26.2 Å². The van der Waals surface area contributed by atoms with Crippen molar-refractivity contribution in [2.75, 3.05) is 18.1 Å². The molecule has 0 saturated heterocycles. The maximum atomic E-state index is 11.7. The Balaban J connectivity index is 1.47. The number of rotatable bonds is 4. The lowest BCUT2D eigenvalue weighted by atomic mass is 10.3. The summed E-state index contributed by atoms with van der Waals surface area (Å²) in [6.07, 6.45) is 1.24. The predicted molar refractivity (Wildman–Crippen MR) is 94.4 cm³/mol. The molecule has 0 aliphatic carbocycles. The van der Waals surface area contributed by atoms with Crippen molar-refractivity contribution in [3.05, 3.63) is 41.7 Å². The number of benzene rings is 1. The molecule has 4 rings (SSSR count). The van der Waals surface area contributed by atoms with Crippen LogP contribution < -0.4 is 5.32 Å². The Morgan fingerprint density at radius 3 is 2.92 bits per heavy atom. The number of fused-ring (bicyclic) bond motifs is 2. The Labute approximate surface area is 144 Å². The van der Waals surface area contributed by atoms with E-state index in [-0.39, 0.29) is 0 Å². The number of hydrogen-bond donors (Lipinski definition) is 1. The van der Waals surface area contributed by atoms with Gasteiger partial charge in [-0.25, -0.2) is 13.4 Å². The van der Waals surface area contributed by atoms with E-state index in [4.69, 9.17) is 0 Å². The summed E-state index contributed by atoms with van der Waals surface area (Å²) in [6.45, 7) is 2.01. The SMILES string of the molecule is CS(=O)(=O)N1CCn2nc(CNc3nc4ccccc4s3)cc2C1. The molecular weight excluding hydrogens is 346 g/mol. The summed E-state index contributed by atoms with van der Waals surface area (Å²) in [5.41, 5.74) is 2.80. The number of anilines is 1. The third kappa shape index (κ3) is 3.02. The molecule has 0 atom stereocenters. The van der Waals surface area contributed by atoms with E-state index < -0.39 is 10.0 Å². The average Bonchev–Trinajstić information content (AvgIpc) is 3.14. The van der Waals surface area contributed by atoms with Gasteiger partial charge in [0.1, 0.15) is 0 Å². The van der Waals surface area contributed by atoms with E-state index in [0.717, 1.165) is 26.7 Å². The van der Waals surface area contributed by atoms with Crippen molar-refractivity contribution < 1.29 is 8.42 Å². The standard InChI is InChI=1S/C15H17N5O2S2/c1-24(21,22)19-6-7-20-12(10-19)8-11(18-20)9-16-15-17-13-4-2-3-5-14(13)23-15/h2-5,8H,6-7,9-10H2,1H3,(H,16,17). The van der Waals surface area contributed by atoms with E-state index in [9.17, 15) is 8.42 Å². The Kier molecular flexibility index (Phi) is 3.78. The Morgan fingerprint density at radius 1 is 1.29 bits per heavy atom. The van der Waals surface area contributed by atoms with Crippen LogP contribution in [0.1, 0.15) is 11.4 Å². The molecule has 1 aliphatic heterocycles. The number of nitrogens with zero attached hydrogens (tertiary/aromatic N) is 4. The lowest BCUT2D eigenvalue weighted by molar-refractivity contribution is 0.328. The Bertz CT molecular complexity index is 959. The maximum absolute atomic E-state index is 11.7. The monoisotopic (exact) mass is 363 g/mol. The lowest BCUT2D eigenvalue weighted by Gasteiger charge is -2.25. The van der Waals surface area contributed by atoms with E-state index in [1.807, 2.05) is 35.0 Å². The predicted octanol–water partition coefficient (Wildman–Crippen LogP) is 1.88. The van der Waals surface area contributed by atoms with Gasteiger partial charge >= 0.3 is 0 Å². The number of aromatic nitrogens is 3. The zero-order chi connectivity index (χ0) is 16.7. The van der Waals surface area contributed by atoms with Gasteiger partial charge in [0, 0.05) is 6.54 Å². The fraction of sp³-hybridized carbons (Fsp3) is 0.333. The first kappa shape index (κ1) is 15.6. The maximum Gasteiger partial charge on any atom is 0.211 e. The van der Waals surface area contributed by atoms with Gasteiger partial charge in [-0.15, -0.1) is 0 Å². The Hall–Kier alpha value is -1.97. The molecule has 0 fully saturated rings. The van der Waals surface area contributed by atoms with Gasteiger partial charge in [0.25, 0.3) is 0 Å². The summed E-state index contributed by atoms with van der Waals surface area (Å²) in [5, 5.41) is 8.71. The fourth-order valence-electron chi connectivity index (χ4n) is 2.79. The first-order valence-electron chi connectivity index (χ1n) is 7.59. The van der Waals surface area contributed by atoms with Crippen LogP contribution in [-0.4, -0.2) is 40.3 Å². The zero-order valence-electron chi connectivity index (χ0n) is 13.1. The summed E-state index contributed by atoms with van der Waals surface area (Å²) in [4.78, 5) is 4.54. The second-order valence-corrected chi connectivity index (χ2v) is 8.80. The first-order chi connectivity index (χ1) is 11.5. The molecule has 2 aromatic heterocycles. The number of nitrogens with one attached hydrogen (secondary N) is 1. The zero-order valence-corrected chi connectivity index (χ0v) is 14.8. The minimum atomic E-state index is -3.16. The van der Waals surface area contributed by atoms with Gasteiger partial charge < -0.3 is 5.32 Å². The minimum Gasteiger partial charge on any atom is -0.356 e. The molecule has 9 heteroatoms. The van der Waals surface area contributed by atoms with Crippen LogP contribution in [-0.2, 0) is 29.7 Å². The summed E-state index contributed by atoms with van der Waals surface area (Å²) in [7, 11) is -3.16. The molecule has 0 spiro atoms. The van der Waals surface area contributed by atoms with E-state index in [1.165, 1.54) is 10.6 Å². The molecule has 0 amide bonds. The summed E-state index contributed by atoms with van der Waals surface area (Å²) < 4.78 is 27.9. The van der Waals surface area contributed by atoms with Gasteiger partial charge in [-0.2, -0.15) is 9.40 Å². The van der Waals surface area contributed by atoms with Crippen LogP contribution in [0.4, 0.5) is 5.13 Å². The largest absolute Gasteiger partial charge is 0.356 e. The number of para-hydroxylation sites is 1. The van der Waals surface area contributed by atoms with Crippen molar-refractivity contribution in [2.45, 2.75) is 19.6 Å². The summed E-state index contributed by atoms with van der Waals surface area (Å²) in [6, 6.07) is 9.97. The fourth-order valence-corrected chi connectivity index (χ4v) is 4.43. The number of thiazole rings is 1. The molecule has 1 aromatic carbocycles. The lowest BCUT2D eigenvalue weighted by Crippen LogP contribution is -2.37. The van der Waals surface area contributed by atoms with Crippen molar-refractivity contribution in [3.8, 4) is 0 Å². The second-order valence-electron chi connectivity index (χ2n) is 5.79. The van der Waals surface area contributed by atoms with Gasteiger partial charge in [0.15, 0.2) is 5.13 Å². The van der Waals surface area contributed by atoms with E-state index in [1.54, 1.807) is 11.3 Å². The number of sulfonamides is 1. The van der Waals surface area contributed by atoms with Crippen LogP contribution in [0.5, 0.6) is 0 Å². The second kappa shape index (κ2) is 5.83. The number of hydrogen-bond acceptors (Lipinski definition) is 6. The third-order valence-corrected chi connectivity index (χ3v) is 6.24. The van der Waals surface area contributed by atoms with Gasteiger partial charge in [-0.3, -0.25) is 4.68 Å². The van der Waals surface area contributed by atoms with Gasteiger partial charge in [0.05, 0.1) is 47.5 Å². The molecule has 0 radical (unpaired) electrons. The summed E-state index contributed by atoms with van der Waals surface area (Å²) >= 11 is 1.61. The molecular formula is C15H17N5O2S2. The van der Waals surface area contributed by atoms with Gasteiger partial charge in [-0.1, -0.05) is 23.5 Å². The van der Waals surface area contributed by atoms with Crippen molar-refractivity contribution >= 4 is 36.7 Å². The molecule has 0 saturated carbocycles. The van der Waals surface area contributed by atoms with Crippen molar-refractivity contribution in [2.24, 2.45) is 0 Å². The quantitative estimate of drug-likeness (QED) is 0.766. The third-order valence-electron chi connectivity index (χ3n) is 4.00. The average molecular weight is 363 g/mol. The molecule has 0 unspecified atom stereocenters. The molecule has 0 bridgehead atoms.